The number of sulfonamides is 1. The Bertz CT molecular complexity index is 1100. The number of aryl methyl sites for hydroxylation is 2. The van der Waals surface area contributed by atoms with Gasteiger partial charge < -0.3 is 10.2 Å². The summed E-state index contributed by atoms with van der Waals surface area (Å²) in [7, 11) is -3.51. The van der Waals surface area contributed by atoms with Crippen molar-refractivity contribution < 1.29 is 18.0 Å². The van der Waals surface area contributed by atoms with E-state index >= 15 is 0 Å². The highest BCUT2D eigenvalue weighted by Gasteiger charge is 2.27. The van der Waals surface area contributed by atoms with E-state index in [-0.39, 0.29) is 30.8 Å². The van der Waals surface area contributed by atoms with Gasteiger partial charge in [-0.2, -0.15) is 0 Å². The van der Waals surface area contributed by atoms with Crippen LogP contribution in [0.2, 0.25) is 0 Å². The normalized spacial score (nSPS) is 12.3. The van der Waals surface area contributed by atoms with Crippen molar-refractivity contribution in [3.05, 3.63) is 65.2 Å². The lowest BCUT2D eigenvalue weighted by Gasteiger charge is -2.30. The van der Waals surface area contributed by atoms with Gasteiger partial charge in [0.05, 0.1) is 11.9 Å². The molecule has 0 aliphatic heterocycles. The second kappa shape index (κ2) is 12.0. The number of anilines is 1. The highest BCUT2D eigenvalue weighted by molar-refractivity contribution is 7.92. The number of benzene rings is 2. The quantitative estimate of drug-likeness (QED) is 0.522. The highest BCUT2D eigenvalue weighted by Crippen LogP contribution is 2.20. The molecule has 1 atom stereocenters. The molecule has 0 saturated carbocycles. The third-order valence-electron chi connectivity index (χ3n) is 5.48. The Kier molecular flexibility index (Phi) is 9.67. The van der Waals surface area contributed by atoms with Gasteiger partial charge in [-0.15, -0.1) is 0 Å². The first-order valence-corrected chi connectivity index (χ1v) is 13.4. The van der Waals surface area contributed by atoms with Crippen LogP contribution in [0, 0.1) is 13.8 Å². The molecule has 2 aromatic rings. The molecular formula is C26H37N3O4S. The topological polar surface area (TPSA) is 86.8 Å². The van der Waals surface area contributed by atoms with Crippen molar-refractivity contribution in [1.82, 2.24) is 10.2 Å². The summed E-state index contributed by atoms with van der Waals surface area (Å²) in [5.41, 5.74) is 3.55. The van der Waals surface area contributed by atoms with Crippen molar-refractivity contribution in [3.8, 4) is 0 Å². The maximum atomic E-state index is 13.3. The Balaban J connectivity index is 2.17. The van der Waals surface area contributed by atoms with Gasteiger partial charge in [-0.3, -0.25) is 13.9 Å². The van der Waals surface area contributed by atoms with E-state index in [1.807, 2.05) is 70.2 Å². The molecule has 2 rings (SSSR count). The van der Waals surface area contributed by atoms with Crippen molar-refractivity contribution in [3.63, 3.8) is 0 Å². The lowest BCUT2D eigenvalue weighted by molar-refractivity contribution is -0.140. The summed E-state index contributed by atoms with van der Waals surface area (Å²) in [4.78, 5) is 27.5. The second-order valence-corrected chi connectivity index (χ2v) is 11.0. The fourth-order valence-corrected chi connectivity index (χ4v) is 4.74. The SMILES string of the molecule is Cc1cccc(CN(C(=O)CCCN(c2cccc(C)c2)S(C)(=O)=O)[C@@H](C)C(=O)NC(C)C)c1. The summed E-state index contributed by atoms with van der Waals surface area (Å²) in [6.07, 6.45) is 1.63. The zero-order chi connectivity index (χ0) is 25.5. The molecule has 186 valence electrons. The molecule has 2 aromatic carbocycles. The molecule has 0 spiro atoms. The first kappa shape index (κ1) is 27.4. The van der Waals surface area contributed by atoms with Crippen LogP contribution in [0.15, 0.2) is 48.5 Å². The zero-order valence-electron chi connectivity index (χ0n) is 21.0. The van der Waals surface area contributed by atoms with Gasteiger partial charge in [0, 0.05) is 25.6 Å². The van der Waals surface area contributed by atoms with E-state index in [0.29, 0.717) is 18.7 Å². The van der Waals surface area contributed by atoms with Gasteiger partial charge in [0.2, 0.25) is 21.8 Å². The number of carbonyl (C=O) groups excluding carboxylic acids is 2. The lowest BCUT2D eigenvalue weighted by Crippen LogP contribution is -2.49. The van der Waals surface area contributed by atoms with E-state index < -0.39 is 16.1 Å². The van der Waals surface area contributed by atoms with Crippen molar-refractivity contribution in [1.29, 1.82) is 0 Å². The molecule has 2 amide bonds. The average Bonchev–Trinajstić information content (AvgIpc) is 2.73. The summed E-state index contributed by atoms with van der Waals surface area (Å²) in [5, 5.41) is 2.88. The van der Waals surface area contributed by atoms with Crippen LogP contribution < -0.4 is 9.62 Å². The van der Waals surface area contributed by atoms with Crippen LogP contribution in [0.4, 0.5) is 5.69 Å². The zero-order valence-corrected chi connectivity index (χ0v) is 21.9. The molecule has 8 heteroatoms. The van der Waals surface area contributed by atoms with Gasteiger partial charge in [0.1, 0.15) is 6.04 Å². The number of amides is 2. The van der Waals surface area contributed by atoms with Crippen molar-refractivity contribution >= 4 is 27.5 Å². The number of hydrogen-bond acceptors (Lipinski definition) is 4. The van der Waals surface area contributed by atoms with Crippen LogP contribution in [0.1, 0.15) is 50.3 Å². The van der Waals surface area contributed by atoms with Gasteiger partial charge in [0.25, 0.3) is 0 Å². The molecule has 0 unspecified atom stereocenters. The van der Waals surface area contributed by atoms with E-state index in [2.05, 4.69) is 5.32 Å². The second-order valence-electron chi connectivity index (χ2n) is 9.13. The van der Waals surface area contributed by atoms with Gasteiger partial charge >= 0.3 is 0 Å². The fraction of sp³-hybridized carbons (Fsp3) is 0.462. The van der Waals surface area contributed by atoms with Crippen molar-refractivity contribution in [2.45, 2.75) is 66.1 Å². The van der Waals surface area contributed by atoms with Gasteiger partial charge in [-0.1, -0.05) is 42.0 Å². The molecular weight excluding hydrogens is 450 g/mol. The Labute approximate surface area is 204 Å². The van der Waals surface area contributed by atoms with Crippen LogP contribution in [-0.2, 0) is 26.2 Å². The van der Waals surface area contributed by atoms with Gasteiger partial charge in [-0.05, 0) is 64.3 Å². The molecule has 1 N–H and O–H groups in total. The minimum Gasteiger partial charge on any atom is -0.352 e. The fourth-order valence-electron chi connectivity index (χ4n) is 3.78. The number of rotatable bonds is 11. The largest absolute Gasteiger partial charge is 0.352 e. The summed E-state index contributed by atoms with van der Waals surface area (Å²) in [6.45, 7) is 9.85. The van der Waals surface area contributed by atoms with E-state index in [1.54, 1.807) is 17.9 Å². The van der Waals surface area contributed by atoms with Crippen LogP contribution >= 0.6 is 0 Å². The third kappa shape index (κ3) is 8.17. The highest BCUT2D eigenvalue weighted by atomic mass is 32.2. The van der Waals surface area contributed by atoms with Crippen molar-refractivity contribution in [2.75, 3.05) is 17.1 Å². The van der Waals surface area contributed by atoms with E-state index in [0.717, 1.165) is 16.7 Å². The predicted octanol–water partition coefficient (Wildman–Crippen LogP) is 3.79. The molecule has 7 nitrogen and oxygen atoms in total. The first-order valence-electron chi connectivity index (χ1n) is 11.6. The number of hydrogen-bond donors (Lipinski definition) is 1. The number of carbonyl (C=O) groups is 2. The van der Waals surface area contributed by atoms with Gasteiger partial charge in [-0.25, -0.2) is 8.42 Å². The van der Waals surface area contributed by atoms with Crippen molar-refractivity contribution in [2.24, 2.45) is 0 Å². The van der Waals surface area contributed by atoms with Crippen LogP contribution in [0.3, 0.4) is 0 Å². The van der Waals surface area contributed by atoms with Crippen LogP contribution in [-0.4, -0.2) is 50.0 Å². The number of nitrogens with zero attached hydrogens (tertiary/aromatic N) is 2. The molecule has 34 heavy (non-hydrogen) atoms. The summed E-state index contributed by atoms with van der Waals surface area (Å²) < 4.78 is 26.1. The maximum absolute atomic E-state index is 13.3. The van der Waals surface area contributed by atoms with Crippen LogP contribution in [0.5, 0.6) is 0 Å². The Hall–Kier alpha value is -2.87. The average molecular weight is 488 g/mol. The van der Waals surface area contributed by atoms with Gasteiger partial charge in [0.15, 0.2) is 0 Å². The predicted molar refractivity (Wildman–Crippen MR) is 137 cm³/mol. The Morgan fingerprint density at radius 1 is 0.971 bits per heavy atom. The summed E-state index contributed by atoms with van der Waals surface area (Å²) >= 11 is 0. The molecule has 0 aromatic heterocycles. The Morgan fingerprint density at radius 3 is 2.15 bits per heavy atom. The monoisotopic (exact) mass is 487 g/mol. The van der Waals surface area contributed by atoms with E-state index in [9.17, 15) is 18.0 Å². The first-order chi connectivity index (χ1) is 15.9. The molecule has 0 saturated heterocycles. The molecule has 0 aliphatic carbocycles. The third-order valence-corrected chi connectivity index (χ3v) is 6.67. The minimum absolute atomic E-state index is 0.0384. The van der Waals surface area contributed by atoms with E-state index in [1.165, 1.54) is 10.6 Å². The molecule has 0 radical (unpaired) electrons. The molecule has 0 bridgehead atoms. The smallest absolute Gasteiger partial charge is 0.242 e. The minimum atomic E-state index is -3.51. The number of nitrogens with one attached hydrogen (secondary N) is 1. The van der Waals surface area contributed by atoms with E-state index in [4.69, 9.17) is 0 Å². The molecule has 0 heterocycles. The maximum Gasteiger partial charge on any atom is 0.242 e. The molecule has 0 aliphatic rings. The van der Waals surface area contributed by atoms with Crippen LogP contribution in [0.25, 0.3) is 0 Å². The Morgan fingerprint density at radius 2 is 1.59 bits per heavy atom. The lowest BCUT2D eigenvalue weighted by atomic mass is 10.1. The standard InChI is InChI=1S/C26H37N3O4S/c1-19(2)27-26(31)22(5)28(18-23-12-7-10-20(3)16-23)25(30)14-9-15-29(34(6,32)33)24-13-8-11-21(4)17-24/h7-8,10-13,16-17,19,22H,9,14-15,18H2,1-6H3,(H,27,31)/t22-/m0/s1. The molecule has 0 fully saturated rings. The summed E-state index contributed by atoms with van der Waals surface area (Å²) in [6, 6.07) is 14.4. The summed E-state index contributed by atoms with van der Waals surface area (Å²) in [5.74, 6) is -0.404.